The fourth-order valence-electron chi connectivity index (χ4n) is 2.26. The molecule has 2 rings (SSSR count). The van der Waals surface area contributed by atoms with E-state index in [2.05, 4.69) is 27.5 Å². The monoisotopic (exact) mass is 222 g/mol. The van der Waals surface area contributed by atoms with Crippen molar-refractivity contribution in [2.45, 2.75) is 25.8 Å². The van der Waals surface area contributed by atoms with Crippen LogP contribution in [0.3, 0.4) is 0 Å². The molecule has 1 aromatic heterocycles. The quantitative estimate of drug-likeness (QED) is 0.737. The molecule has 4 nitrogen and oxygen atoms in total. The third-order valence-electron chi connectivity index (χ3n) is 3.44. The molecule has 0 amide bonds. The standard InChI is InChI=1S/C12H22N4/c1-16-8-4-11(5-9-16)2-6-13-10-12-3-7-14-15-12/h3,7,11,13H,2,4-6,8-10H2,1H3,(H,14,15). The van der Waals surface area contributed by atoms with Gasteiger partial charge in [0, 0.05) is 18.4 Å². The number of aromatic amines is 1. The maximum Gasteiger partial charge on any atom is 0.0490 e. The van der Waals surface area contributed by atoms with Crippen molar-refractivity contribution in [2.24, 2.45) is 5.92 Å². The number of aromatic nitrogens is 2. The van der Waals surface area contributed by atoms with E-state index in [1.165, 1.54) is 38.0 Å². The molecule has 2 heterocycles. The highest BCUT2D eigenvalue weighted by Crippen LogP contribution is 2.18. The SMILES string of the molecule is CN1CCC(CCNCc2ccn[nH]2)CC1. The minimum atomic E-state index is 0.909. The van der Waals surface area contributed by atoms with Gasteiger partial charge in [-0.2, -0.15) is 5.10 Å². The molecular weight excluding hydrogens is 200 g/mol. The lowest BCUT2D eigenvalue weighted by molar-refractivity contribution is 0.211. The normalized spacial score (nSPS) is 19.1. The number of hydrogen-bond donors (Lipinski definition) is 2. The Labute approximate surface area is 97.4 Å². The van der Waals surface area contributed by atoms with Crippen molar-refractivity contribution < 1.29 is 0 Å². The molecule has 90 valence electrons. The second-order valence-electron chi connectivity index (χ2n) is 4.79. The Morgan fingerprint density at radius 3 is 3.00 bits per heavy atom. The molecule has 1 aliphatic rings. The molecule has 1 aromatic rings. The minimum Gasteiger partial charge on any atom is -0.311 e. The van der Waals surface area contributed by atoms with Gasteiger partial charge in [0.2, 0.25) is 0 Å². The Kier molecular flexibility index (Phi) is 4.36. The number of rotatable bonds is 5. The van der Waals surface area contributed by atoms with Gasteiger partial charge in [-0.25, -0.2) is 0 Å². The molecular formula is C12H22N4. The summed E-state index contributed by atoms with van der Waals surface area (Å²) in [6.07, 6.45) is 5.83. The zero-order valence-corrected chi connectivity index (χ0v) is 10.1. The van der Waals surface area contributed by atoms with Crippen molar-refractivity contribution >= 4 is 0 Å². The molecule has 0 bridgehead atoms. The maximum atomic E-state index is 3.93. The number of H-pyrrole nitrogens is 1. The first-order chi connectivity index (χ1) is 7.84. The van der Waals surface area contributed by atoms with Crippen LogP contribution in [0.25, 0.3) is 0 Å². The molecule has 1 fully saturated rings. The van der Waals surface area contributed by atoms with Crippen LogP contribution in [0.2, 0.25) is 0 Å². The summed E-state index contributed by atoms with van der Waals surface area (Å²) in [6.45, 7) is 4.57. The lowest BCUT2D eigenvalue weighted by Gasteiger charge is -2.28. The van der Waals surface area contributed by atoms with Gasteiger partial charge in [0.1, 0.15) is 0 Å². The Hall–Kier alpha value is -0.870. The van der Waals surface area contributed by atoms with Crippen LogP contribution in [0.15, 0.2) is 12.3 Å². The number of hydrogen-bond acceptors (Lipinski definition) is 3. The van der Waals surface area contributed by atoms with E-state index in [1.807, 2.05) is 6.07 Å². The van der Waals surface area contributed by atoms with Crippen molar-refractivity contribution in [3.05, 3.63) is 18.0 Å². The predicted octanol–water partition coefficient (Wildman–Crippen LogP) is 1.23. The van der Waals surface area contributed by atoms with Crippen LogP contribution in [0.5, 0.6) is 0 Å². The fourth-order valence-corrected chi connectivity index (χ4v) is 2.26. The van der Waals surface area contributed by atoms with E-state index in [0.29, 0.717) is 0 Å². The smallest absolute Gasteiger partial charge is 0.0490 e. The van der Waals surface area contributed by atoms with Crippen LogP contribution in [0.4, 0.5) is 0 Å². The Morgan fingerprint density at radius 1 is 1.50 bits per heavy atom. The topological polar surface area (TPSA) is 44.0 Å². The van der Waals surface area contributed by atoms with Crippen LogP contribution in [-0.4, -0.2) is 41.8 Å². The van der Waals surface area contributed by atoms with Gasteiger partial charge in [-0.1, -0.05) is 0 Å². The molecule has 2 N–H and O–H groups in total. The van der Waals surface area contributed by atoms with Crippen LogP contribution in [0, 0.1) is 5.92 Å². The van der Waals surface area contributed by atoms with E-state index in [4.69, 9.17) is 0 Å². The minimum absolute atomic E-state index is 0.909. The molecule has 16 heavy (non-hydrogen) atoms. The maximum absolute atomic E-state index is 3.93. The van der Waals surface area contributed by atoms with E-state index in [0.717, 1.165) is 19.0 Å². The van der Waals surface area contributed by atoms with E-state index in [9.17, 15) is 0 Å². The molecule has 0 aliphatic carbocycles. The molecule has 0 unspecified atom stereocenters. The van der Waals surface area contributed by atoms with E-state index in [1.54, 1.807) is 6.20 Å². The highest BCUT2D eigenvalue weighted by molar-refractivity contribution is 4.96. The fraction of sp³-hybridized carbons (Fsp3) is 0.750. The Bertz CT molecular complexity index is 275. The first-order valence-electron chi connectivity index (χ1n) is 6.22. The van der Waals surface area contributed by atoms with Crippen molar-refractivity contribution in [1.29, 1.82) is 0 Å². The third kappa shape index (κ3) is 3.61. The summed E-state index contributed by atoms with van der Waals surface area (Å²) in [7, 11) is 2.21. The van der Waals surface area contributed by atoms with Gasteiger partial charge in [-0.3, -0.25) is 5.10 Å². The second-order valence-corrected chi connectivity index (χ2v) is 4.79. The van der Waals surface area contributed by atoms with Gasteiger partial charge in [0.25, 0.3) is 0 Å². The van der Waals surface area contributed by atoms with Gasteiger partial charge in [0.05, 0.1) is 0 Å². The summed E-state index contributed by atoms with van der Waals surface area (Å²) >= 11 is 0. The van der Waals surface area contributed by atoms with E-state index in [-0.39, 0.29) is 0 Å². The van der Waals surface area contributed by atoms with E-state index >= 15 is 0 Å². The van der Waals surface area contributed by atoms with Crippen molar-refractivity contribution in [2.75, 3.05) is 26.7 Å². The molecule has 0 aromatic carbocycles. The highest BCUT2D eigenvalue weighted by atomic mass is 15.1. The number of piperidine rings is 1. The van der Waals surface area contributed by atoms with Crippen LogP contribution in [0.1, 0.15) is 25.0 Å². The summed E-state index contributed by atoms with van der Waals surface area (Å²) in [5.41, 5.74) is 1.17. The van der Waals surface area contributed by atoms with Gasteiger partial charge in [-0.15, -0.1) is 0 Å². The number of nitrogens with zero attached hydrogens (tertiary/aromatic N) is 2. The first kappa shape index (κ1) is 11.6. The van der Waals surface area contributed by atoms with Crippen molar-refractivity contribution in [3.8, 4) is 0 Å². The highest BCUT2D eigenvalue weighted by Gasteiger charge is 2.15. The molecule has 1 saturated heterocycles. The molecule has 1 aliphatic heterocycles. The van der Waals surface area contributed by atoms with Gasteiger partial charge >= 0.3 is 0 Å². The summed E-state index contributed by atoms with van der Waals surface area (Å²) in [4.78, 5) is 2.43. The van der Waals surface area contributed by atoms with Gasteiger partial charge in [-0.05, 0) is 57.9 Å². The zero-order valence-electron chi connectivity index (χ0n) is 10.1. The van der Waals surface area contributed by atoms with Gasteiger partial charge < -0.3 is 10.2 Å². The average Bonchev–Trinajstić information content (AvgIpc) is 2.80. The zero-order chi connectivity index (χ0) is 11.2. The Balaban J connectivity index is 1.55. The van der Waals surface area contributed by atoms with Crippen LogP contribution >= 0.6 is 0 Å². The predicted molar refractivity (Wildman–Crippen MR) is 65.1 cm³/mol. The summed E-state index contributed by atoms with van der Waals surface area (Å²) in [5.74, 6) is 0.922. The molecule has 0 radical (unpaired) electrons. The lowest BCUT2D eigenvalue weighted by Crippen LogP contribution is -2.31. The third-order valence-corrected chi connectivity index (χ3v) is 3.44. The van der Waals surface area contributed by atoms with Crippen LogP contribution < -0.4 is 5.32 Å². The average molecular weight is 222 g/mol. The number of likely N-dealkylation sites (tertiary alicyclic amines) is 1. The van der Waals surface area contributed by atoms with Gasteiger partial charge in [0.15, 0.2) is 0 Å². The summed E-state index contributed by atoms with van der Waals surface area (Å²) in [6, 6.07) is 2.02. The molecule has 0 saturated carbocycles. The van der Waals surface area contributed by atoms with Crippen LogP contribution in [-0.2, 0) is 6.54 Å². The number of nitrogens with one attached hydrogen (secondary N) is 2. The lowest BCUT2D eigenvalue weighted by atomic mass is 9.94. The van der Waals surface area contributed by atoms with E-state index < -0.39 is 0 Å². The summed E-state index contributed by atoms with van der Waals surface area (Å²) in [5, 5.41) is 10.4. The molecule has 4 heteroatoms. The summed E-state index contributed by atoms with van der Waals surface area (Å²) < 4.78 is 0. The molecule has 0 spiro atoms. The second kappa shape index (κ2) is 6.01. The molecule has 0 atom stereocenters. The largest absolute Gasteiger partial charge is 0.311 e. The first-order valence-corrected chi connectivity index (χ1v) is 6.22. The Morgan fingerprint density at radius 2 is 2.31 bits per heavy atom. The van der Waals surface area contributed by atoms with Crippen molar-refractivity contribution in [3.63, 3.8) is 0 Å². The van der Waals surface area contributed by atoms with Crippen molar-refractivity contribution in [1.82, 2.24) is 20.4 Å².